The maximum absolute atomic E-state index is 14.9. The lowest BCUT2D eigenvalue weighted by atomic mass is 9.85. The molecule has 3 fully saturated rings. The molecule has 28 heteroatoms. The standard InChI is InChI=1S/C50H74N14O12S2/c1-3-27(2)41-47(75)60-32(15-16-40(68)69)43(71)61-34(22-37(51)65)44(72)62-35(48(76)64-20-10-14-36(64)46(74)59-31(13-9-19-55-49(53)54)42(70)57-25-38(52)66)26-77-78-50(17-7-4-8-18-50)23-39(67)58-33(45(73)63-41)21-28-24-56-30-12-6-5-11-29(28)30/h5-6,11-12,24,27,31-36,41,56H,3-4,7-10,13-23,25-26H2,1-2H3,(H2,51,65)(H2,52,66)(H,57,70)(H,58,67)(H,59,74)(H,60,75)(H,61,71)(H,62,72)(H,63,73)(H,68,69)(H4,53,54,55)/t27-,31-,32?,33+,34-,35-,36-,41-/m0/s1. The Morgan fingerprint density at radius 2 is 1.55 bits per heavy atom. The number of aliphatic carboxylic acids is 1. The number of carboxylic acid groups (broad SMARTS) is 1. The number of likely N-dealkylation sites (tertiary alicyclic amines) is 1. The number of nitrogens with one attached hydrogen (secondary N) is 8. The van der Waals surface area contributed by atoms with E-state index in [-0.39, 0.29) is 56.9 Å². The van der Waals surface area contributed by atoms with E-state index in [0.29, 0.717) is 31.2 Å². The number of aliphatic imine (C=N–C) groups is 1. The Kier molecular flexibility index (Phi) is 23.4. The Hall–Kier alpha value is -7.10. The molecular formula is C50H74N14O12S2. The number of aromatic nitrogens is 1. The summed E-state index contributed by atoms with van der Waals surface area (Å²) in [4.78, 5) is 159. The molecule has 428 valence electrons. The average molecular weight is 1130 g/mol. The highest BCUT2D eigenvalue weighted by Gasteiger charge is 2.42. The summed E-state index contributed by atoms with van der Waals surface area (Å²) in [6.45, 7) is 3.08. The molecule has 2 aliphatic heterocycles. The van der Waals surface area contributed by atoms with Gasteiger partial charge in [-0.05, 0) is 62.5 Å². The van der Waals surface area contributed by atoms with Crippen LogP contribution in [0.25, 0.3) is 10.9 Å². The van der Waals surface area contributed by atoms with Crippen LogP contribution in [-0.4, -0.2) is 158 Å². The summed E-state index contributed by atoms with van der Waals surface area (Å²) in [6, 6.07) is -2.39. The van der Waals surface area contributed by atoms with Crippen LogP contribution in [0.3, 0.4) is 0 Å². The predicted octanol–water partition coefficient (Wildman–Crippen LogP) is -1.46. The van der Waals surface area contributed by atoms with Gasteiger partial charge in [0.1, 0.15) is 42.3 Å². The van der Waals surface area contributed by atoms with Gasteiger partial charge in [0.2, 0.25) is 59.1 Å². The van der Waals surface area contributed by atoms with Crippen LogP contribution in [0.4, 0.5) is 0 Å². The van der Waals surface area contributed by atoms with E-state index in [9.17, 15) is 57.8 Å². The number of guanidine groups is 1. The fraction of sp³-hybridized carbons (Fsp3) is 0.600. The van der Waals surface area contributed by atoms with Gasteiger partial charge in [0, 0.05) is 60.0 Å². The number of hydrogen-bond donors (Lipinski definition) is 13. The van der Waals surface area contributed by atoms with Crippen LogP contribution in [0.1, 0.15) is 109 Å². The molecule has 1 aromatic carbocycles. The molecule has 0 bridgehead atoms. The van der Waals surface area contributed by atoms with E-state index in [2.05, 4.69) is 47.2 Å². The topological polar surface area (TPSA) is 428 Å². The smallest absolute Gasteiger partial charge is 0.303 e. The van der Waals surface area contributed by atoms with Crippen molar-refractivity contribution in [3.05, 3.63) is 36.0 Å². The van der Waals surface area contributed by atoms with Crippen molar-refractivity contribution in [3.63, 3.8) is 0 Å². The van der Waals surface area contributed by atoms with Gasteiger partial charge in [0.15, 0.2) is 5.96 Å². The summed E-state index contributed by atoms with van der Waals surface area (Å²) in [7, 11) is 2.52. The van der Waals surface area contributed by atoms with E-state index >= 15 is 0 Å². The average Bonchev–Trinajstić information content (AvgIpc) is 4.07. The third kappa shape index (κ3) is 18.3. The zero-order valence-corrected chi connectivity index (χ0v) is 45.5. The van der Waals surface area contributed by atoms with E-state index in [0.717, 1.165) is 30.2 Å². The Bertz CT molecular complexity index is 2550. The maximum atomic E-state index is 14.9. The molecule has 1 spiro atoms. The lowest BCUT2D eigenvalue weighted by Crippen LogP contribution is -2.61. The third-order valence-corrected chi connectivity index (χ3v) is 17.4. The molecular weight excluding hydrogens is 1050 g/mol. The van der Waals surface area contributed by atoms with E-state index in [1.54, 1.807) is 20.0 Å². The van der Waals surface area contributed by atoms with Crippen molar-refractivity contribution in [2.45, 2.75) is 157 Å². The molecule has 0 radical (unpaired) electrons. The van der Waals surface area contributed by atoms with Crippen molar-refractivity contribution in [3.8, 4) is 0 Å². The van der Waals surface area contributed by atoms with Gasteiger partial charge in [-0.25, -0.2) is 0 Å². The first-order chi connectivity index (χ1) is 37.1. The van der Waals surface area contributed by atoms with E-state index < -0.39 is 144 Å². The number of rotatable bonds is 19. The Morgan fingerprint density at radius 1 is 0.859 bits per heavy atom. The van der Waals surface area contributed by atoms with Crippen LogP contribution in [0.2, 0.25) is 0 Å². The van der Waals surface area contributed by atoms with Crippen LogP contribution >= 0.6 is 21.6 Å². The summed E-state index contributed by atoms with van der Waals surface area (Å²) in [5.41, 5.74) is 23.2. The fourth-order valence-corrected chi connectivity index (χ4v) is 13.1. The van der Waals surface area contributed by atoms with Gasteiger partial charge in [-0.2, -0.15) is 0 Å². The number of benzene rings is 1. The van der Waals surface area contributed by atoms with Gasteiger partial charge in [-0.3, -0.25) is 57.7 Å². The van der Waals surface area contributed by atoms with Gasteiger partial charge >= 0.3 is 5.97 Å². The van der Waals surface area contributed by atoms with Crippen molar-refractivity contribution < 1.29 is 57.8 Å². The third-order valence-electron chi connectivity index (χ3n) is 14.0. The van der Waals surface area contributed by atoms with Gasteiger partial charge in [0.05, 0.1) is 13.0 Å². The first kappa shape index (κ1) is 61.7. The largest absolute Gasteiger partial charge is 0.481 e. The fourth-order valence-electron chi connectivity index (χ4n) is 9.71. The summed E-state index contributed by atoms with van der Waals surface area (Å²) < 4.78 is -0.735. The summed E-state index contributed by atoms with van der Waals surface area (Å²) in [5.74, 6) is -10.5. The normalized spacial score (nSPS) is 23.5. The molecule has 1 unspecified atom stereocenters. The minimum absolute atomic E-state index is 0.0117. The number of carboxylic acids is 1. The zero-order chi connectivity index (χ0) is 57.1. The van der Waals surface area contributed by atoms with Gasteiger partial charge in [-0.15, -0.1) is 0 Å². The minimum atomic E-state index is -1.78. The van der Waals surface area contributed by atoms with Gasteiger partial charge in [0.25, 0.3) is 0 Å². The van der Waals surface area contributed by atoms with E-state index in [1.807, 2.05) is 24.3 Å². The second-order valence-electron chi connectivity index (χ2n) is 20.0. The molecule has 1 aromatic heterocycles. The number of nitrogens with two attached hydrogens (primary N) is 4. The zero-order valence-electron chi connectivity index (χ0n) is 43.9. The van der Waals surface area contributed by atoms with Crippen molar-refractivity contribution in [2.24, 2.45) is 33.8 Å². The Labute approximate surface area is 459 Å². The SMILES string of the molecule is CC[C@H](C)[C@@H]1NC(=O)[C@@H](Cc2c[nH]c3ccccc23)NC(=O)CC2(CCCCC2)SSC[C@@H](C(=O)N2CCC[C@H]2C(=O)N[C@@H](CCCN=C(N)N)C(=O)NCC(N)=O)NC(=O)[C@H](CC(N)=O)NC(=O)C(CCC(=O)O)NC1=O. The maximum Gasteiger partial charge on any atom is 0.303 e. The number of hydrogen-bond acceptors (Lipinski definition) is 14. The summed E-state index contributed by atoms with van der Waals surface area (Å²) >= 11 is 0. The van der Waals surface area contributed by atoms with Crippen LogP contribution < -0.4 is 60.2 Å². The molecule has 3 heterocycles. The second-order valence-corrected chi connectivity index (χ2v) is 22.8. The number of nitrogens with zero attached hydrogens (tertiary/aromatic N) is 2. The monoisotopic (exact) mass is 1130 g/mol. The number of amides is 10. The number of carbonyl (C=O) groups excluding carboxylic acids is 10. The molecule has 2 saturated heterocycles. The van der Waals surface area contributed by atoms with Gasteiger partial charge < -0.3 is 75.1 Å². The van der Waals surface area contributed by atoms with Crippen molar-refractivity contribution in [2.75, 3.05) is 25.4 Å². The lowest BCUT2D eigenvalue weighted by Gasteiger charge is -2.37. The highest BCUT2D eigenvalue weighted by Crippen LogP contribution is 2.48. The van der Waals surface area contributed by atoms with Crippen LogP contribution in [-0.2, 0) is 59.2 Å². The molecule has 2 aromatic rings. The van der Waals surface area contributed by atoms with Crippen molar-refractivity contribution >= 4 is 103 Å². The number of H-pyrrole nitrogens is 1. The molecule has 1 saturated carbocycles. The summed E-state index contributed by atoms with van der Waals surface area (Å²) in [5, 5.41) is 28.9. The molecule has 5 rings (SSSR count). The second kappa shape index (κ2) is 29.6. The minimum Gasteiger partial charge on any atom is -0.481 e. The molecule has 8 atom stereocenters. The van der Waals surface area contributed by atoms with Crippen LogP contribution in [0.5, 0.6) is 0 Å². The number of aromatic amines is 1. The number of para-hydroxylation sites is 1. The van der Waals surface area contributed by atoms with Gasteiger partial charge in [-0.1, -0.05) is 79.3 Å². The quantitative estimate of drug-likeness (QED) is 0.0331. The Morgan fingerprint density at radius 3 is 2.23 bits per heavy atom. The first-order valence-corrected chi connectivity index (χ1v) is 28.5. The molecule has 78 heavy (non-hydrogen) atoms. The lowest BCUT2D eigenvalue weighted by molar-refractivity contribution is -0.142. The molecule has 1 aliphatic carbocycles. The van der Waals surface area contributed by atoms with E-state index in [4.69, 9.17) is 22.9 Å². The number of carbonyl (C=O) groups is 11. The predicted molar refractivity (Wildman–Crippen MR) is 291 cm³/mol. The highest BCUT2D eigenvalue weighted by molar-refractivity contribution is 8.77. The van der Waals surface area contributed by atoms with Crippen LogP contribution in [0.15, 0.2) is 35.5 Å². The van der Waals surface area contributed by atoms with Crippen molar-refractivity contribution in [1.82, 2.24) is 47.1 Å². The van der Waals surface area contributed by atoms with Crippen LogP contribution in [0, 0.1) is 5.92 Å². The molecule has 10 amide bonds. The molecule has 17 N–H and O–H groups in total. The number of fused-ring (bicyclic) bond motifs is 1. The number of primary amides is 2. The molecule has 26 nitrogen and oxygen atoms in total. The summed E-state index contributed by atoms with van der Waals surface area (Å²) in [6.07, 6.45) is 4.35. The van der Waals surface area contributed by atoms with E-state index in [1.165, 1.54) is 26.5 Å². The highest BCUT2D eigenvalue weighted by atomic mass is 33.1. The Balaban J connectivity index is 1.53. The van der Waals surface area contributed by atoms with Crippen molar-refractivity contribution in [1.29, 1.82) is 0 Å². The first-order valence-electron chi connectivity index (χ1n) is 26.2. The molecule has 3 aliphatic rings.